The molecule has 6 rings (SSSR count). The molecule has 11 nitrogen and oxygen atoms in total. The molecule has 0 fully saturated rings. The quantitative estimate of drug-likeness (QED) is 0.0642. The Morgan fingerprint density at radius 2 is 1.04 bits per heavy atom. The molecule has 1 N–H and O–H groups in total. The van der Waals surface area contributed by atoms with Gasteiger partial charge in [-0.15, -0.1) is 0 Å². The van der Waals surface area contributed by atoms with E-state index in [1.165, 1.54) is 13.2 Å². The lowest BCUT2D eigenvalue weighted by Gasteiger charge is -2.25. The zero-order chi connectivity index (χ0) is 38.8. The largest absolute Gasteiger partial charge is 0.494 e. The zero-order valence-corrected chi connectivity index (χ0v) is 31.7. The van der Waals surface area contributed by atoms with Gasteiger partial charge in [0.2, 0.25) is 0 Å². The average Bonchev–Trinajstić information content (AvgIpc) is 3.23. The fraction of sp³-hybridized carbons (Fsp3) is 0.244. The van der Waals surface area contributed by atoms with Crippen molar-refractivity contribution in [3.63, 3.8) is 0 Å². The molecule has 0 aliphatic heterocycles. The van der Waals surface area contributed by atoms with Crippen LogP contribution in [0.15, 0.2) is 140 Å². The maximum Gasteiger partial charge on any atom is 0.337 e. The Labute approximate surface area is 328 Å². The van der Waals surface area contributed by atoms with Crippen LogP contribution in [0.3, 0.4) is 0 Å². The number of amides is 1. The second kappa shape index (κ2) is 21.0. The predicted molar refractivity (Wildman–Crippen MR) is 214 cm³/mol. The maximum atomic E-state index is 12.8. The van der Waals surface area contributed by atoms with Crippen molar-refractivity contribution in [1.29, 1.82) is 0 Å². The molecule has 286 valence electrons. The molecule has 6 aromatic rings. The van der Waals surface area contributed by atoms with Crippen LogP contribution in [0.2, 0.25) is 0 Å². The van der Waals surface area contributed by atoms with E-state index in [2.05, 4.69) is 53.3 Å². The van der Waals surface area contributed by atoms with E-state index in [-0.39, 0.29) is 5.91 Å². The van der Waals surface area contributed by atoms with Gasteiger partial charge in [0.15, 0.2) is 0 Å². The summed E-state index contributed by atoms with van der Waals surface area (Å²) in [6.45, 7) is 4.88. The predicted octanol–water partition coefficient (Wildman–Crippen LogP) is 7.05. The first-order valence-electron chi connectivity index (χ1n) is 18.8. The van der Waals surface area contributed by atoms with Gasteiger partial charge in [0.05, 0.1) is 42.1 Å². The van der Waals surface area contributed by atoms with E-state index in [4.69, 9.17) is 9.47 Å². The minimum atomic E-state index is -0.479. The number of pyridine rings is 4. The first kappa shape index (κ1) is 39.4. The smallest absolute Gasteiger partial charge is 0.337 e. The molecule has 0 aliphatic rings. The van der Waals surface area contributed by atoms with E-state index < -0.39 is 5.97 Å². The van der Waals surface area contributed by atoms with Gasteiger partial charge in [-0.2, -0.15) is 0 Å². The number of rotatable bonds is 20. The van der Waals surface area contributed by atoms with Gasteiger partial charge >= 0.3 is 5.97 Å². The number of nitrogens with one attached hydrogen (secondary N) is 1. The third kappa shape index (κ3) is 12.6. The van der Waals surface area contributed by atoms with Crippen LogP contribution in [0.1, 0.15) is 67.5 Å². The number of aromatic nitrogens is 4. The first-order chi connectivity index (χ1) is 27.5. The Morgan fingerprint density at radius 3 is 1.48 bits per heavy atom. The van der Waals surface area contributed by atoms with Crippen LogP contribution in [-0.2, 0) is 44.0 Å². The molecule has 0 radical (unpaired) electrons. The highest BCUT2D eigenvalue weighted by Crippen LogP contribution is 2.23. The van der Waals surface area contributed by atoms with Crippen LogP contribution in [0, 0.1) is 0 Å². The third-order valence-electron chi connectivity index (χ3n) is 8.96. The lowest BCUT2D eigenvalue weighted by molar-refractivity contribution is 0.0600. The number of ether oxygens (including phenoxy) is 2. The SMILES string of the molecule is COC(=O)c1cccc(C(=O)NCCCCOc2cc(CN(Cc3ccccn3)Cc3ccccn3)cc(CN(Cc3ccccn3)Cc3ccccn3)c2)c1. The Kier molecular flexibility index (Phi) is 14.7. The van der Waals surface area contributed by atoms with Crippen molar-refractivity contribution in [2.24, 2.45) is 0 Å². The Hall–Kier alpha value is -6.30. The lowest BCUT2D eigenvalue weighted by atomic mass is 10.1. The van der Waals surface area contributed by atoms with Crippen LogP contribution in [-0.4, -0.2) is 61.9 Å². The van der Waals surface area contributed by atoms with Gasteiger partial charge in [-0.05, 0) is 103 Å². The lowest BCUT2D eigenvalue weighted by Crippen LogP contribution is -2.25. The second-order valence-corrected chi connectivity index (χ2v) is 13.4. The number of unbranched alkanes of at least 4 members (excludes halogenated alkanes) is 1. The molecule has 11 heteroatoms. The monoisotopic (exact) mass is 749 g/mol. The highest BCUT2D eigenvalue weighted by molar-refractivity contribution is 5.97. The normalized spacial score (nSPS) is 11.1. The van der Waals surface area contributed by atoms with Crippen LogP contribution in [0.25, 0.3) is 0 Å². The molecule has 0 saturated carbocycles. The summed E-state index contributed by atoms with van der Waals surface area (Å²) in [4.78, 5) is 47.8. The standard InChI is InChI=1S/C45H47N7O4/c1-55-45(54)38-14-12-13-37(28-38)44(53)50-23-10-11-24-56-43-26-35(29-51(31-39-15-2-6-19-46-39)32-40-16-3-7-20-47-40)25-36(27-43)30-52(33-41-17-4-8-21-48-41)34-42-18-5-9-22-49-42/h2-9,12-22,25-28H,10-11,23-24,29-34H2,1H3,(H,50,53). The Morgan fingerprint density at radius 1 is 0.554 bits per heavy atom. The van der Waals surface area contributed by atoms with Gasteiger partial charge < -0.3 is 14.8 Å². The van der Waals surface area contributed by atoms with Crippen molar-refractivity contribution in [2.75, 3.05) is 20.3 Å². The molecule has 0 spiro atoms. The van der Waals surface area contributed by atoms with Crippen LogP contribution in [0.4, 0.5) is 0 Å². The molecule has 2 aromatic carbocycles. The average molecular weight is 750 g/mol. The van der Waals surface area contributed by atoms with Gasteiger partial charge in [-0.25, -0.2) is 4.79 Å². The number of esters is 1. The topological polar surface area (TPSA) is 123 Å². The molecular formula is C45H47N7O4. The van der Waals surface area contributed by atoms with E-state index in [0.717, 1.165) is 52.5 Å². The number of nitrogens with zero attached hydrogens (tertiary/aromatic N) is 6. The van der Waals surface area contributed by atoms with E-state index >= 15 is 0 Å². The van der Waals surface area contributed by atoms with Gasteiger partial charge in [0, 0.05) is 76.2 Å². The molecule has 0 unspecified atom stereocenters. The number of carbonyl (C=O) groups excluding carboxylic acids is 2. The summed E-state index contributed by atoms with van der Waals surface area (Å²) in [6, 6.07) is 37.0. The van der Waals surface area contributed by atoms with Crippen molar-refractivity contribution < 1.29 is 19.1 Å². The van der Waals surface area contributed by atoms with Crippen molar-refractivity contribution in [3.8, 4) is 5.75 Å². The van der Waals surface area contributed by atoms with Crippen LogP contribution < -0.4 is 10.1 Å². The summed E-state index contributed by atoms with van der Waals surface area (Å²) in [5.41, 5.74) is 6.90. The molecular weight excluding hydrogens is 703 g/mol. The van der Waals surface area contributed by atoms with Gasteiger partial charge in [0.25, 0.3) is 5.91 Å². The van der Waals surface area contributed by atoms with Crippen molar-refractivity contribution in [2.45, 2.75) is 52.1 Å². The fourth-order valence-corrected chi connectivity index (χ4v) is 6.36. The number of benzene rings is 2. The van der Waals surface area contributed by atoms with E-state index in [9.17, 15) is 9.59 Å². The van der Waals surface area contributed by atoms with Crippen molar-refractivity contribution in [1.82, 2.24) is 35.1 Å². The zero-order valence-electron chi connectivity index (χ0n) is 31.7. The molecule has 0 bridgehead atoms. The molecule has 1 amide bonds. The first-order valence-corrected chi connectivity index (χ1v) is 18.8. The van der Waals surface area contributed by atoms with Crippen LogP contribution >= 0.6 is 0 Å². The van der Waals surface area contributed by atoms with Crippen molar-refractivity contribution in [3.05, 3.63) is 185 Å². The van der Waals surface area contributed by atoms with Crippen molar-refractivity contribution >= 4 is 11.9 Å². The van der Waals surface area contributed by atoms with E-state index in [1.807, 2.05) is 97.6 Å². The molecule has 0 aliphatic carbocycles. The van der Waals surface area contributed by atoms with Gasteiger partial charge in [-0.3, -0.25) is 34.5 Å². The molecule has 0 atom stereocenters. The highest BCUT2D eigenvalue weighted by Gasteiger charge is 2.16. The number of methoxy groups -OCH3 is 1. The number of carbonyl (C=O) groups is 2. The maximum absolute atomic E-state index is 12.8. The van der Waals surface area contributed by atoms with E-state index in [1.54, 1.807) is 18.2 Å². The second-order valence-electron chi connectivity index (χ2n) is 13.4. The molecule has 0 saturated heterocycles. The summed E-state index contributed by atoms with van der Waals surface area (Å²) in [6.07, 6.45) is 8.76. The van der Waals surface area contributed by atoms with Crippen LogP contribution in [0.5, 0.6) is 5.75 Å². The number of hydrogen-bond acceptors (Lipinski definition) is 10. The third-order valence-corrected chi connectivity index (χ3v) is 8.96. The summed E-state index contributed by atoms with van der Waals surface area (Å²) < 4.78 is 11.2. The Bertz CT molecular complexity index is 1920. The minimum Gasteiger partial charge on any atom is -0.494 e. The fourth-order valence-electron chi connectivity index (χ4n) is 6.36. The highest BCUT2D eigenvalue weighted by atomic mass is 16.5. The van der Waals surface area contributed by atoms with Gasteiger partial charge in [-0.1, -0.05) is 36.4 Å². The van der Waals surface area contributed by atoms with E-state index in [0.29, 0.717) is 63.5 Å². The summed E-state index contributed by atoms with van der Waals surface area (Å²) >= 11 is 0. The van der Waals surface area contributed by atoms with Gasteiger partial charge in [0.1, 0.15) is 5.75 Å². The summed E-state index contributed by atoms with van der Waals surface area (Å²) in [5.74, 6) is 0.0654. The minimum absolute atomic E-state index is 0.240. The summed E-state index contributed by atoms with van der Waals surface area (Å²) in [7, 11) is 1.32. The molecule has 4 heterocycles. The molecule has 56 heavy (non-hydrogen) atoms. The molecule has 4 aromatic heterocycles. The number of hydrogen-bond donors (Lipinski definition) is 1. The Balaban J connectivity index is 1.17. The summed E-state index contributed by atoms with van der Waals surface area (Å²) in [5, 5.41) is 2.94.